The number of amides is 5. The van der Waals surface area contributed by atoms with Crippen LogP contribution in [0.25, 0.3) is 0 Å². The highest BCUT2D eigenvalue weighted by molar-refractivity contribution is 5.96. The van der Waals surface area contributed by atoms with Gasteiger partial charge in [0.25, 0.3) is 0 Å². The second-order valence-corrected chi connectivity index (χ2v) is 8.84. The number of aromatic hydroxyl groups is 1. The molecule has 1 rings (SSSR count). The number of aliphatic carboxylic acids is 1. The van der Waals surface area contributed by atoms with E-state index in [4.69, 9.17) is 17.2 Å². The zero-order valence-electron chi connectivity index (χ0n) is 20.6. The molecule has 5 amide bonds. The number of nitrogens with one attached hydrogen (secondary N) is 3. The molecule has 0 aliphatic heterocycles. The standard InChI is InChI=1S/C23H34N6O8/c1-11(2)19(23(36)37)29-22(35)16(10-18(26)32)28-21(34)15(7-8-17(25)31)27-20(33)14(24)9-12-3-5-13(30)6-4-12/h3-6,11,14-16,19,30H,7-10,24H2,1-2H3,(H2,25,31)(H2,26,32)(H,27,33)(H,28,34)(H,29,35)(H,36,37). The van der Waals surface area contributed by atoms with E-state index in [-0.39, 0.29) is 25.0 Å². The van der Waals surface area contributed by atoms with Gasteiger partial charge in [-0.15, -0.1) is 0 Å². The minimum Gasteiger partial charge on any atom is -0.508 e. The number of benzene rings is 1. The van der Waals surface area contributed by atoms with E-state index in [0.29, 0.717) is 5.56 Å². The van der Waals surface area contributed by atoms with Gasteiger partial charge in [-0.2, -0.15) is 0 Å². The number of hydrogen-bond donors (Lipinski definition) is 8. The Kier molecular flexibility index (Phi) is 12.0. The molecule has 0 saturated carbocycles. The molecule has 0 bridgehead atoms. The molecular formula is C23H34N6O8. The minimum absolute atomic E-state index is 0.0302. The van der Waals surface area contributed by atoms with Gasteiger partial charge in [-0.3, -0.25) is 24.0 Å². The normalized spacial score (nSPS) is 14.1. The van der Waals surface area contributed by atoms with Gasteiger partial charge in [0.15, 0.2) is 0 Å². The number of rotatable bonds is 15. The average Bonchev–Trinajstić information content (AvgIpc) is 2.79. The Labute approximate surface area is 213 Å². The van der Waals surface area contributed by atoms with Gasteiger partial charge < -0.3 is 43.4 Å². The molecular weight excluding hydrogens is 488 g/mol. The summed E-state index contributed by atoms with van der Waals surface area (Å²) in [4.78, 5) is 72.5. The Balaban J connectivity index is 3.01. The fourth-order valence-electron chi connectivity index (χ4n) is 3.26. The van der Waals surface area contributed by atoms with Crippen molar-refractivity contribution < 1.29 is 39.0 Å². The van der Waals surface area contributed by atoms with Gasteiger partial charge in [-0.1, -0.05) is 26.0 Å². The lowest BCUT2D eigenvalue weighted by Crippen LogP contribution is -2.58. The van der Waals surface area contributed by atoms with Crippen LogP contribution in [0.2, 0.25) is 0 Å². The van der Waals surface area contributed by atoms with E-state index in [1.165, 1.54) is 12.1 Å². The van der Waals surface area contributed by atoms with E-state index >= 15 is 0 Å². The minimum atomic E-state index is -1.55. The largest absolute Gasteiger partial charge is 0.508 e. The van der Waals surface area contributed by atoms with E-state index < -0.39 is 72.0 Å². The first kappa shape index (κ1) is 30.8. The van der Waals surface area contributed by atoms with E-state index in [1.54, 1.807) is 26.0 Å². The molecule has 204 valence electrons. The number of phenolic OH excluding ortho intramolecular Hbond substituents is 1. The third-order valence-corrected chi connectivity index (χ3v) is 5.31. The molecule has 14 nitrogen and oxygen atoms in total. The molecule has 0 aliphatic rings. The molecule has 0 aromatic heterocycles. The smallest absolute Gasteiger partial charge is 0.326 e. The summed E-state index contributed by atoms with van der Waals surface area (Å²) >= 11 is 0. The van der Waals surface area contributed by atoms with E-state index in [0.717, 1.165) is 0 Å². The first-order chi connectivity index (χ1) is 17.2. The maximum Gasteiger partial charge on any atom is 0.326 e. The third kappa shape index (κ3) is 10.9. The fraction of sp³-hybridized carbons (Fsp3) is 0.478. The maximum absolute atomic E-state index is 13.0. The van der Waals surface area contributed by atoms with Crippen LogP contribution in [0.3, 0.4) is 0 Å². The molecule has 0 spiro atoms. The lowest BCUT2D eigenvalue weighted by Gasteiger charge is -2.25. The van der Waals surface area contributed by atoms with Crippen molar-refractivity contribution in [1.82, 2.24) is 16.0 Å². The summed E-state index contributed by atoms with van der Waals surface area (Å²) in [5.41, 5.74) is 16.9. The van der Waals surface area contributed by atoms with Gasteiger partial charge in [0.2, 0.25) is 29.5 Å². The highest BCUT2D eigenvalue weighted by atomic mass is 16.4. The third-order valence-electron chi connectivity index (χ3n) is 5.31. The van der Waals surface area contributed by atoms with Crippen molar-refractivity contribution in [1.29, 1.82) is 0 Å². The topological polar surface area (TPSA) is 257 Å². The lowest BCUT2D eigenvalue weighted by atomic mass is 10.0. The van der Waals surface area contributed by atoms with Crippen LogP contribution in [0, 0.1) is 5.92 Å². The molecule has 0 aliphatic carbocycles. The van der Waals surface area contributed by atoms with Crippen molar-refractivity contribution in [3.63, 3.8) is 0 Å². The number of carboxylic acid groups (broad SMARTS) is 1. The first-order valence-corrected chi connectivity index (χ1v) is 11.4. The van der Waals surface area contributed by atoms with Crippen molar-refractivity contribution in [3.05, 3.63) is 29.8 Å². The quantitative estimate of drug-likeness (QED) is 0.122. The zero-order chi connectivity index (χ0) is 28.3. The number of carbonyl (C=O) groups is 6. The molecule has 11 N–H and O–H groups in total. The van der Waals surface area contributed by atoms with Crippen LogP contribution in [-0.2, 0) is 35.2 Å². The number of hydrogen-bond acceptors (Lipinski definition) is 8. The summed E-state index contributed by atoms with van der Waals surface area (Å²) in [5.74, 6) is -6.17. The van der Waals surface area contributed by atoms with Gasteiger partial charge in [-0.25, -0.2) is 4.79 Å². The maximum atomic E-state index is 13.0. The number of carbonyl (C=O) groups excluding carboxylic acids is 5. The van der Waals surface area contributed by atoms with Crippen molar-refractivity contribution in [2.24, 2.45) is 23.1 Å². The predicted octanol–water partition coefficient (Wildman–Crippen LogP) is -2.40. The molecule has 0 heterocycles. The number of phenols is 1. The summed E-state index contributed by atoms with van der Waals surface area (Å²) < 4.78 is 0. The van der Waals surface area contributed by atoms with Crippen molar-refractivity contribution in [2.75, 3.05) is 0 Å². The SMILES string of the molecule is CC(C)C(NC(=O)C(CC(N)=O)NC(=O)C(CCC(N)=O)NC(=O)C(N)Cc1ccc(O)cc1)C(=O)O. The van der Waals surface area contributed by atoms with Gasteiger partial charge in [0.1, 0.15) is 23.9 Å². The van der Waals surface area contributed by atoms with E-state index in [9.17, 15) is 39.0 Å². The van der Waals surface area contributed by atoms with Crippen LogP contribution in [0.15, 0.2) is 24.3 Å². The molecule has 14 heteroatoms. The molecule has 0 radical (unpaired) electrons. The lowest BCUT2D eigenvalue weighted by molar-refractivity contribution is -0.143. The Bertz CT molecular complexity index is 997. The zero-order valence-corrected chi connectivity index (χ0v) is 20.6. The Hall–Kier alpha value is -4.20. The molecule has 1 aromatic rings. The summed E-state index contributed by atoms with van der Waals surface area (Å²) in [5, 5.41) is 25.6. The van der Waals surface area contributed by atoms with E-state index in [2.05, 4.69) is 16.0 Å². The molecule has 37 heavy (non-hydrogen) atoms. The second-order valence-electron chi connectivity index (χ2n) is 8.84. The predicted molar refractivity (Wildman–Crippen MR) is 130 cm³/mol. The van der Waals surface area contributed by atoms with Crippen LogP contribution in [0.1, 0.15) is 38.7 Å². The molecule has 0 saturated heterocycles. The average molecular weight is 523 g/mol. The van der Waals surface area contributed by atoms with Gasteiger partial charge in [0.05, 0.1) is 12.5 Å². The van der Waals surface area contributed by atoms with Crippen LogP contribution in [-0.4, -0.2) is 69.9 Å². The molecule has 1 aromatic carbocycles. The Morgan fingerprint density at radius 2 is 1.38 bits per heavy atom. The number of carboxylic acids is 1. The number of primary amides is 2. The van der Waals surface area contributed by atoms with Crippen LogP contribution in [0.4, 0.5) is 0 Å². The second kappa shape index (κ2) is 14.4. The van der Waals surface area contributed by atoms with Crippen molar-refractivity contribution in [2.45, 2.75) is 63.7 Å². The van der Waals surface area contributed by atoms with Crippen molar-refractivity contribution >= 4 is 35.5 Å². The van der Waals surface area contributed by atoms with Gasteiger partial charge >= 0.3 is 5.97 Å². The summed E-state index contributed by atoms with van der Waals surface area (Å²) in [6.07, 6.45) is -1.13. The summed E-state index contributed by atoms with van der Waals surface area (Å²) in [7, 11) is 0. The summed E-state index contributed by atoms with van der Waals surface area (Å²) in [6, 6.07) is 0.632. The van der Waals surface area contributed by atoms with Gasteiger partial charge in [-0.05, 0) is 36.5 Å². The first-order valence-electron chi connectivity index (χ1n) is 11.4. The van der Waals surface area contributed by atoms with E-state index in [1.807, 2.05) is 0 Å². The Morgan fingerprint density at radius 1 is 0.838 bits per heavy atom. The highest BCUT2D eigenvalue weighted by Gasteiger charge is 2.32. The number of nitrogens with two attached hydrogens (primary N) is 3. The molecule has 4 atom stereocenters. The fourth-order valence-corrected chi connectivity index (χ4v) is 3.26. The van der Waals surface area contributed by atoms with Crippen LogP contribution >= 0.6 is 0 Å². The monoisotopic (exact) mass is 522 g/mol. The van der Waals surface area contributed by atoms with Gasteiger partial charge in [0, 0.05) is 6.42 Å². The molecule has 0 fully saturated rings. The molecule has 4 unspecified atom stereocenters. The van der Waals surface area contributed by atoms with Crippen molar-refractivity contribution in [3.8, 4) is 5.75 Å². The Morgan fingerprint density at radius 3 is 1.86 bits per heavy atom. The van der Waals surface area contributed by atoms with Crippen LogP contribution in [0.5, 0.6) is 5.75 Å². The summed E-state index contributed by atoms with van der Waals surface area (Å²) in [6.45, 7) is 3.11. The van der Waals surface area contributed by atoms with Crippen LogP contribution < -0.4 is 33.2 Å². The highest BCUT2D eigenvalue weighted by Crippen LogP contribution is 2.11.